The van der Waals surface area contributed by atoms with Crippen molar-refractivity contribution in [3.05, 3.63) is 23.3 Å². The predicted octanol–water partition coefficient (Wildman–Crippen LogP) is 3.56. The number of nitrogens with zero attached hydrogens (tertiary/aromatic N) is 1. The number of hydrogen-bond donors (Lipinski definition) is 1. The number of carbonyl (C=O) groups is 1. The van der Waals surface area contributed by atoms with Crippen LogP contribution in [-0.4, -0.2) is 50.2 Å². The molecule has 0 radical (unpaired) electrons. The Labute approximate surface area is 217 Å². The van der Waals surface area contributed by atoms with Crippen molar-refractivity contribution in [3.63, 3.8) is 0 Å². The van der Waals surface area contributed by atoms with Gasteiger partial charge in [-0.2, -0.15) is 0 Å². The Kier molecular flexibility index (Phi) is 2.11. The molecule has 6 nitrogen and oxygen atoms in total. The lowest BCUT2D eigenvalue weighted by molar-refractivity contribution is -0.160. The number of nitrogens with two attached hydrogens (primary N) is 1. The van der Waals surface area contributed by atoms with Gasteiger partial charge in [-0.25, -0.2) is 0 Å². The summed E-state index contributed by atoms with van der Waals surface area (Å²) in [6, 6.07) is -6.15. The molecule has 4 atom stereocenters. The molecule has 3 unspecified atom stereocenters. The molecule has 0 spiro atoms. The number of fused-ring (bicyclic) bond motifs is 3. The number of piperidine rings is 1. The zero-order valence-corrected chi connectivity index (χ0v) is 15.8. The van der Waals surface area contributed by atoms with E-state index in [4.69, 9.17) is 47.4 Å². The molecule has 168 valence electrons. The van der Waals surface area contributed by atoms with Crippen LogP contribution in [-0.2, 0) is 16.0 Å². The molecule has 0 amide bonds. The largest absolute Gasteiger partial charge is 0.493 e. The molecule has 1 fully saturated rings. The Hall–Kier alpha value is -1.79. The van der Waals surface area contributed by atoms with Crippen LogP contribution in [0.5, 0.6) is 11.5 Å². The van der Waals surface area contributed by atoms with Crippen LogP contribution in [0.15, 0.2) is 12.1 Å². The molecule has 2 N–H and O–H groups in total. The second-order valence-electron chi connectivity index (χ2n) is 6.26. The van der Waals surface area contributed by atoms with Crippen LogP contribution < -0.4 is 15.2 Å². The van der Waals surface area contributed by atoms with Crippen molar-refractivity contribution in [2.75, 3.05) is 27.2 Å². The minimum Gasteiger partial charge on any atom is -0.493 e. The maximum Gasteiger partial charge on any atom is 0.323 e. The fourth-order valence-corrected chi connectivity index (χ4v) is 3.02. The highest BCUT2D eigenvalue weighted by Crippen LogP contribution is 2.44. The first-order chi connectivity index (χ1) is 24.4. The minimum absolute atomic E-state index is 0.136. The normalized spacial score (nSPS) is 50.3. The van der Waals surface area contributed by atoms with E-state index in [1.54, 1.807) is 0 Å². The van der Waals surface area contributed by atoms with E-state index in [0.29, 0.717) is 0 Å². The van der Waals surface area contributed by atoms with Gasteiger partial charge in [0.15, 0.2) is 11.5 Å². The summed E-state index contributed by atoms with van der Waals surface area (Å²) in [5.74, 6) is -17.4. The zero-order valence-electron chi connectivity index (χ0n) is 41.8. The molecule has 1 saturated heterocycles. The van der Waals surface area contributed by atoms with Crippen LogP contribution >= 0.6 is 0 Å². The SMILES string of the molecule is [2H]C([2H])([2H])Oc1cc2c(cc1OC)C1([2H])N(CC2)C([2H])([2H])C([2H])(C([2H])([2H])C([2H])(C([2H])([2H])[2H])C([2H])([2H])[2H])C(OC(=O)[C@@]([2H])(N)C([2H])(C([2H])([2H])[2H])C([2H])([2H])[2H])C1([2H])[2H]. The first-order valence-electron chi connectivity index (χ1n) is 21.6. The van der Waals surface area contributed by atoms with E-state index in [-0.39, 0.29) is 10.5 Å². The molecule has 2 aliphatic rings. The van der Waals surface area contributed by atoms with E-state index in [0.717, 1.165) is 19.2 Å². The smallest absolute Gasteiger partial charge is 0.323 e. The van der Waals surface area contributed by atoms with Crippen LogP contribution in [0.25, 0.3) is 0 Å². The van der Waals surface area contributed by atoms with Crippen LogP contribution in [0.4, 0.5) is 0 Å². The number of methoxy groups -OCH3 is 2. The van der Waals surface area contributed by atoms with Crippen molar-refractivity contribution >= 4 is 5.97 Å². The van der Waals surface area contributed by atoms with Gasteiger partial charge in [-0.05, 0) is 47.8 Å². The summed E-state index contributed by atoms with van der Waals surface area (Å²) in [7, 11) is -2.13. The van der Waals surface area contributed by atoms with Crippen LogP contribution in [0.1, 0.15) is 92.9 Å². The number of esters is 1. The molecular formula is C24H38N2O4. The van der Waals surface area contributed by atoms with Crippen molar-refractivity contribution in [2.45, 2.75) is 64.7 Å². The van der Waals surface area contributed by atoms with E-state index in [1.165, 1.54) is 0 Å². The first-order valence-corrected chi connectivity index (χ1v) is 8.55. The Bertz CT molecular complexity index is 1670. The quantitative estimate of drug-likeness (QED) is 0.648. The Balaban J connectivity index is 2.59. The Morgan fingerprint density at radius 3 is 2.90 bits per heavy atom. The maximum atomic E-state index is 13.9. The third-order valence-electron chi connectivity index (χ3n) is 4.39. The molecule has 2 heterocycles. The number of ether oxygens (including phenoxy) is 3. The summed E-state index contributed by atoms with van der Waals surface area (Å²) in [6.07, 6.45) is -13.2. The molecule has 2 aliphatic heterocycles. The predicted molar refractivity (Wildman–Crippen MR) is 118 cm³/mol. The van der Waals surface area contributed by atoms with Crippen molar-refractivity contribution in [3.8, 4) is 11.5 Å². The third kappa shape index (κ3) is 4.75. The van der Waals surface area contributed by atoms with Crippen molar-refractivity contribution in [1.29, 1.82) is 0 Å². The molecular weight excluding hydrogens is 380 g/mol. The Morgan fingerprint density at radius 2 is 2.20 bits per heavy atom. The molecule has 3 rings (SSSR count). The second-order valence-corrected chi connectivity index (χ2v) is 6.26. The number of carbonyl (C=O) groups excluding carboxylic acids is 1. The highest BCUT2D eigenvalue weighted by Gasteiger charge is 2.41. The molecule has 0 saturated carbocycles. The van der Waals surface area contributed by atoms with Gasteiger partial charge in [-0.15, -0.1) is 0 Å². The van der Waals surface area contributed by atoms with Crippen LogP contribution in [0, 0.1) is 17.7 Å². The van der Waals surface area contributed by atoms with Gasteiger partial charge >= 0.3 is 5.97 Å². The summed E-state index contributed by atoms with van der Waals surface area (Å²) in [5.41, 5.74) is 4.75. The summed E-state index contributed by atoms with van der Waals surface area (Å²) < 4.78 is 231. The second kappa shape index (κ2) is 9.56. The number of hydrogen-bond acceptors (Lipinski definition) is 6. The summed E-state index contributed by atoms with van der Waals surface area (Å²) in [5, 5.41) is 0. The lowest BCUT2D eigenvalue weighted by Gasteiger charge is -2.47. The Morgan fingerprint density at radius 1 is 1.40 bits per heavy atom. The van der Waals surface area contributed by atoms with Gasteiger partial charge in [-0.3, -0.25) is 9.69 Å². The van der Waals surface area contributed by atoms with Gasteiger partial charge in [0.2, 0.25) is 0 Å². The van der Waals surface area contributed by atoms with Crippen molar-refractivity contribution in [1.82, 2.24) is 4.90 Å². The zero-order chi connectivity index (χ0) is 44.5. The van der Waals surface area contributed by atoms with E-state index < -0.39 is 126 Å². The fourth-order valence-electron chi connectivity index (χ4n) is 3.02. The highest BCUT2D eigenvalue weighted by atomic mass is 16.5. The van der Waals surface area contributed by atoms with Gasteiger partial charge in [0.1, 0.15) is 12.1 Å². The van der Waals surface area contributed by atoms with E-state index >= 15 is 0 Å². The average Bonchev–Trinajstić information content (AvgIpc) is 2.97. The molecule has 6 heteroatoms. The van der Waals surface area contributed by atoms with Gasteiger partial charge in [0.05, 0.1) is 21.0 Å². The van der Waals surface area contributed by atoms with Gasteiger partial charge in [-0.1, -0.05) is 27.4 Å². The highest BCUT2D eigenvalue weighted by molar-refractivity contribution is 5.76. The van der Waals surface area contributed by atoms with E-state index in [9.17, 15) is 13.0 Å². The van der Waals surface area contributed by atoms with Crippen molar-refractivity contribution in [2.24, 2.45) is 23.4 Å². The van der Waals surface area contributed by atoms with Gasteiger partial charge in [0.25, 0.3) is 0 Å². The van der Waals surface area contributed by atoms with Gasteiger partial charge < -0.3 is 19.9 Å². The lowest BCUT2D eigenvalue weighted by Crippen LogP contribution is -2.51. The maximum absolute atomic E-state index is 13.9. The van der Waals surface area contributed by atoms with Gasteiger partial charge in [0, 0.05) is 60.1 Å². The first kappa shape index (κ1) is 6.61. The van der Waals surface area contributed by atoms with E-state index in [2.05, 4.69) is 0 Å². The molecule has 0 aliphatic carbocycles. The van der Waals surface area contributed by atoms with E-state index in [1.807, 2.05) is 0 Å². The fraction of sp³-hybridized carbons (Fsp3) is 0.708. The molecule has 30 heavy (non-hydrogen) atoms. The van der Waals surface area contributed by atoms with Crippen LogP contribution in [0.2, 0.25) is 0 Å². The summed E-state index contributed by atoms with van der Waals surface area (Å²) >= 11 is 0. The number of rotatable bonds is 7. The molecule has 0 bridgehead atoms. The third-order valence-corrected chi connectivity index (χ3v) is 4.39. The topological polar surface area (TPSA) is 74.0 Å². The molecule has 1 aromatic carbocycles. The monoisotopic (exact) mass is 444 g/mol. The number of benzene rings is 1. The molecule has 1 aromatic rings. The minimum atomic E-state index is -4.79. The van der Waals surface area contributed by atoms with Crippen molar-refractivity contribution < 1.29 is 54.6 Å². The molecule has 0 aromatic heterocycles. The standard InChI is InChI=1S/C24H38N2O4/c1-14(2)9-17-13-26-8-7-16-10-21(28-5)22(29-6)11-18(16)19(26)12-20(17)30-24(27)23(25)15(3)4/h10-11,14-15,17,19-20,23H,7-9,12-13,25H2,1-6H3/t17?,19?,20?,23-/m0/s1/i1D3,2D3,3D3,4D3,5D3,9D2,12D2,13D2,14D,15D,17D,19D,23D. The van der Waals surface area contributed by atoms with Crippen LogP contribution in [0.3, 0.4) is 0 Å². The summed E-state index contributed by atoms with van der Waals surface area (Å²) in [6.45, 7) is -22.2. The average molecular weight is 445 g/mol. The summed E-state index contributed by atoms with van der Waals surface area (Å²) in [4.78, 5) is 14.1. The lowest BCUT2D eigenvalue weighted by atomic mass is 9.79.